The maximum absolute atomic E-state index is 9.68. The van der Waals surface area contributed by atoms with Gasteiger partial charge in [-0.1, -0.05) is 5.21 Å². The van der Waals surface area contributed by atoms with Crippen LogP contribution in [0.25, 0.3) is 0 Å². The van der Waals surface area contributed by atoms with E-state index in [9.17, 15) is 10.1 Å². The van der Waals surface area contributed by atoms with E-state index in [0.717, 1.165) is 0 Å². The third-order valence-electron chi connectivity index (χ3n) is 0.497. The first-order chi connectivity index (χ1) is 3.80. The van der Waals surface area contributed by atoms with Crippen molar-refractivity contribution in [2.75, 3.05) is 0 Å². The SMILES string of the molecule is O=[N+]([O-])c1nn[nH]n1.[H-].[K+]. The molecule has 0 saturated heterocycles. The van der Waals surface area contributed by atoms with Crippen LogP contribution in [-0.4, -0.2) is 25.5 Å². The van der Waals surface area contributed by atoms with E-state index in [1.807, 2.05) is 5.21 Å². The Morgan fingerprint density at radius 2 is 2.44 bits per heavy atom. The zero-order chi connectivity index (χ0) is 5.98. The topological polar surface area (TPSA) is 97.6 Å². The summed E-state index contributed by atoms with van der Waals surface area (Å²) in [5.74, 6) is -0.509. The summed E-state index contributed by atoms with van der Waals surface area (Å²) in [5, 5.41) is 20.7. The third-order valence-corrected chi connectivity index (χ3v) is 0.497. The van der Waals surface area contributed by atoms with Gasteiger partial charge in [-0.3, -0.25) is 0 Å². The van der Waals surface area contributed by atoms with Crippen LogP contribution in [0.15, 0.2) is 0 Å². The van der Waals surface area contributed by atoms with Crippen LogP contribution in [0, 0.1) is 10.1 Å². The van der Waals surface area contributed by atoms with Crippen molar-refractivity contribution in [3.8, 4) is 0 Å². The Morgan fingerprint density at radius 1 is 1.78 bits per heavy atom. The molecule has 7 nitrogen and oxygen atoms in total. The van der Waals surface area contributed by atoms with Gasteiger partial charge in [0.15, 0.2) is 0 Å². The molecule has 0 saturated carbocycles. The quantitative estimate of drug-likeness (QED) is 0.255. The van der Waals surface area contributed by atoms with Crippen LogP contribution < -0.4 is 51.4 Å². The zero-order valence-corrected chi connectivity index (χ0v) is 7.73. The number of nitro groups is 1. The van der Waals surface area contributed by atoms with E-state index in [1.165, 1.54) is 0 Å². The Hall–Kier alpha value is 0.106. The molecule has 1 rings (SSSR count). The molecule has 0 amide bonds. The molecule has 0 fully saturated rings. The van der Waals surface area contributed by atoms with Gasteiger partial charge in [0.25, 0.3) is 0 Å². The summed E-state index contributed by atoms with van der Waals surface area (Å²) < 4.78 is 0. The summed E-state index contributed by atoms with van der Waals surface area (Å²) in [4.78, 5) is 8.95. The van der Waals surface area contributed by atoms with Gasteiger partial charge in [-0.15, -0.1) is 0 Å². The number of aromatic amines is 1. The first-order valence-electron chi connectivity index (χ1n) is 1.68. The maximum atomic E-state index is 9.68. The van der Waals surface area contributed by atoms with Crippen molar-refractivity contribution in [2.24, 2.45) is 0 Å². The number of H-pyrrole nitrogens is 1. The molecule has 0 aromatic carbocycles. The smallest absolute Gasteiger partial charge is 1.00 e. The van der Waals surface area contributed by atoms with E-state index in [4.69, 9.17) is 0 Å². The molecular weight excluding hydrogens is 153 g/mol. The minimum Gasteiger partial charge on any atom is -1.00 e. The van der Waals surface area contributed by atoms with Gasteiger partial charge in [0.1, 0.15) is 0 Å². The van der Waals surface area contributed by atoms with Gasteiger partial charge in [0.05, 0.1) is 5.10 Å². The van der Waals surface area contributed by atoms with E-state index in [2.05, 4.69) is 15.4 Å². The Bertz CT molecular complexity index is 188. The number of rotatable bonds is 1. The van der Waals surface area contributed by atoms with E-state index in [1.54, 1.807) is 0 Å². The molecule has 0 bridgehead atoms. The minimum absolute atomic E-state index is 0. The normalized spacial score (nSPS) is 8.00. The van der Waals surface area contributed by atoms with Crippen LogP contribution in [0.1, 0.15) is 1.43 Å². The second kappa shape index (κ2) is 4.01. The number of hydrogen-bond donors (Lipinski definition) is 1. The van der Waals surface area contributed by atoms with Crippen molar-refractivity contribution >= 4 is 5.95 Å². The molecule has 8 heteroatoms. The molecule has 0 aliphatic carbocycles. The van der Waals surface area contributed by atoms with Crippen LogP contribution in [0.5, 0.6) is 0 Å². The van der Waals surface area contributed by atoms with E-state index in [0.29, 0.717) is 0 Å². The van der Waals surface area contributed by atoms with Crippen LogP contribution in [0.4, 0.5) is 5.95 Å². The van der Waals surface area contributed by atoms with Gasteiger partial charge < -0.3 is 11.5 Å². The fourth-order valence-electron chi connectivity index (χ4n) is 0.234. The third kappa shape index (κ3) is 2.45. The molecule has 0 atom stereocenters. The van der Waals surface area contributed by atoms with Crippen LogP contribution in [0.3, 0.4) is 0 Å². The molecule has 1 heterocycles. The van der Waals surface area contributed by atoms with Crippen LogP contribution >= 0.6 is 0 Å². The van der Waals surface area contributed by atoms with Crippen molar-refractivity contribution in [1.82, 2.24) is 20.6 Å². The van der Waals surface area contributed by atoms with Gasteiger partial charge in [-0.25, -0.2) is 0 Å². The van der Waals surface area contributed by atoms with Crippen LogP contribution in [-0.2, 0) is 0 Å². The first-order valence-corrected chi connectivity index (χ1v) is 1.68. The van der Waals surface area contributed by atoms with Gasteiger partial charge in [-0.2, -0.15) is 0 Å². The number of hydrogen-bond acceptors (Lipinski definition) is 5. The van der Waals surface area contributed by atoms with Gasteiger partial charge in [-0.05, 0) is 4.92 Å². The predicted octanol–water partition coefficient (Wildman–Crippen LogP) is -3.78. The van der Waals surface area contributed by atoms with E-state index in [-0.39, 0.29) is 52.8 Å². The Labute approximate surface area is 93.3 Å². The average molecular weight is 155 g/mol. The largest absolute Gasteiger partial charge is 1.00 e. The second-order valence-corrected chi connectivity index (χ2v) is 0.969. The fourth-order valence-corrected chi connectivity index (χ4v) is 0.234. The molecule has 0 radical (unpaired) electrons. The van der Waals surface area contributed by atoms with E-state index >= 15 is 0 Å². The summed E-state index contributed by atoms with van der Waals surface area (Å²) in [5.41, 5.74) is 0. The molecule has 44 valence electrons. The standard InChI is InChI=1S/CHN5O2.K.H/c7-6(8)1-2-4-5-3-1;;/h(H,2,3,4,5);;/q;+1;-1. The molecule has 0 aliphatic heterocycles. The molecule has 0 aliphatic rings. The summed E-state index contributed by atoms with van der Waals surface area (Å²) in [6, 6.07) is 0. The zero-order valence-electron chi connectivity index (χ0n) is 5.61. The molecule has 0 spiro atoms. The number of tetrazole rings is 1. The molecule has 1 aromatic rings. The molecule has 1 N–H and O–H groups in total. The molecule has 9 heavy (non-hydrogen) atoms. The number of nitrogens with zero attached hydrogens (tertiary/aromatic N) is 4. The second-order valence-electron chi connectivity index (χ2n) is 0.969. The Kier molecular flexibility index (Phi) is 4.06. The first kappa shape index (κ1) is 9.11. The van der Waals surface area contributed by atoms with Gasteiger partial charge >= 0.3 is 57.3 Å². The monoisotopic (exact) mass is 155 g/mol. The van der Waals surface area contributed by atoms with Crippen molar-refractivity contribution in [3.63, 3.8) is 0 Å². The number of aromatic nitrogens is 4. The summed E-state index contributed by atoms with van der Waals surface area (Å²) >= 11 is 0. The number of nitrogens with one attached hydrogen (secondary N) is 1. The molecule has 1 aromatic heterocycles. The molecule has 0 unspecified atom stereocenters. The minimum atomic E-state index is -0.733. The van der Waals surface area contributed by atoms with Gasteiger partial charge in [0, 0.05) is 10.3 Å². The predicted molar refractivity (Wildman–Crippen MR) is 21.9 cm³/mol. The van der Waals surface area contributed by atoms with Crippen LogP contribution in [0.2, 0.25) is 0 Å². The summed E-state index contributed by atoms with van der Waals surface area (Å²) in [7, 11) is 0. The summed E-state index contributed by atoms with van der Waals surface area (Å²) in [6.07, 6.45) is 0. The average Bonchev–Trinajstić information content (AvgIpc) is 2.12. The van der Waals surface area contributed by atoms with E-state index < -0.39 is 10.9 Å². The van der Waals surface area contributed by atoms with Crippen molar-refractivity contribution in [2.45, 2.75) is 0 Å². The van der Waals surface area contributed by atoms with Crippen molar-refractivity contribution < 1.29 is 57.7 Å². The molecular formula is CH2KN5O2. The van der Waals surface area contributed by atoms with Crippen molar-refractivity contribution in [3.05, 3.63) is 10.1 Å². The maximum Gasteiger partial charge on any atom is 1.00 e. The Morgan fingerprint density at radius 3 is 2.67 bits per heavy atom. The van der Waals surface area contributed by atoms with Crippen molar-refractivity contribution in [1.29, 1.82) is 0 Å². The van der Waals surface area contributed by atoms with Gasteiger partial charge in [0.2, 0.25) is 0 Å². The fraction of sp³-hybridized carbons (Fsp3) is 0. The Balaban J connectivity index is 0. The summed E-state index contributed by atoms with van der Waals surface area (Å²) in [6.45, 7) is 0.